The van der Waals surface area contributed by atoms with Crippen molar-refractivity contribution in [2.45, 2.75) is 37.9 Å². The van der Waals surface area contributed by atoms with Crippen LogP contribution in [0, 0.1) is 5.92 Å². The van der Waals surface area contributed by atoms with Crippen LogP contribution in [0.1, 0.15) is 36.5 Å². The topological polar surface area (TPSA) is 71.5 Å². The Bertz CT molecular complexity index is 811. The van der Waals surface area contributed by atoms with E-state index in [2.05, 4.69) is 17.2 Å². The highest BCUT2D eigenvalue weighted by Gasteiger charge is 2.49. The molecule has 1 N–H and O–H groups in total. The number of hydrogen-bond acceptors (Lipinski definition) is 5. The van der Waals surface area contributed by atoms with Crippen molar-refractivity contribution < 1.29 is 14.3 Å². The summed E-state index contributed by atoms with van der Waals surface area (Å²) in [4.78, 5) is 31.1. The number of piperidine rings is 1. The molecular formula is C20H23N3O3S. The number of likely N-dealkylation sites (tertiary alicyclic amines) is 1. The third-order valence-electron chi connectivity index (χ3n) is 5.68. The number of hydrogen-bond donors (Lipinski definition) is 1. The number of nitrogens with one attached hydrogen (secondary N) is 1. The predicted molar refractivity (Wildman–Crippen MR) is 104 cm³/mol. The van der Waals surface area contributed by atoms with Crippen LogP contribution in [-0.4, -0.2) is 46.5 Å². The number of amides is 2. The maximum atomic E-state index is 12.6. The van der Waals surface area contributed by atoms with Gasteiger partial charge in [0.05, 0.1) is 23.0 Å². The summed E-state index contributed by atoms with van der Waals surface area (Å²) in [5, 5.41) is 6.69. The maximum Gasteiger partial charge on any atom is 0.254 e. The van der Waals surface area contributed by atoms with E-state index in [0.29, 0.717) is 25.2 Å². The number of carbonyl (C=O) groups excluding carboxylic acids is 2. The fraction of sp³-hybridized carbons (Fsp3) is 0.450. The minimum atomic E-state index is -0.452. The molecule has 0 saturated carbocycles. The fourth-order valence-electron chi connectivity index (χ4n) is 4.08. The Morgan fingerprint density at radius 2 is 2.26 bits per heavy atom. The largest absolute Gasteiger partial charge is 0.362 e. The number of anilines is 1. The van der Waals surface area contributed by atoms with Crippen LogP contribution in [0.5, 0.6) is 0 Å². The molecule has 2 fully saturated rings. The van der Waals surface area contributed by atoms with Gasteiger partial charge in [-0.05, 0) is 42.8 Å². The molecule has 0 bridgehead atoms. The van der Waals surface area contributed by atoms with Gasteiger partial charge in [0.25, 0.3) is 11.8 Å². The van der Waals surface area contributed by atoms with E-state index in [-0.39, 0.29) is 23.3 Å². The highest BCUT2D eigenvalue weighted by atomic mass is 32.1. The summed E-state index contributed by atoms with van der Waals surface area (Å²) in [5.74, 6) is 0.149. The lowest BCUT2D eigenvalue weighted by Gasteiger charge is -2.44. The van der Waals surface area contributed by atoms with E-state index in [0.717, 1.165) is 18.4 Å². The van der Waals surface area contributed by atoms with Crippen LogP contribution >= 0.6 is 11.3 Å². The Balaban J connectivity index is 1.37. The van der Waals surface area contributed by atoms with E-state index >= 15 is 0 Å². The summed E-state index contributed by atoms with van der Waals surface area (Å²) in [7, 11) is 0. The number of thiophene rings is 1. The second-order valence-electron chi connectivity index (χ2n) is 7.36. The molecule has 2 aromatic rings. The van der Waals surface area contributed by atoms with E-state index in [9.17, 15) is 9.59 Å². The van der Waals surface area contributed by atoms with Crippen molar-refractivity contribution in [2.24, 2.45) is 5.92 Å². The van der Waals surface area contributed by atoms with Crippen molar-refractivity contribution >= 4 is 28.8 Å². The summed E-state index contributed by atoms with van der Waals surface area (Å²) < 4.78 is 6.29. The molecule has 3 atom stereocenters. The second kappa shape index (κ2) is 7.40. The van der Waals surface area contributed by atoms with Gasteiger partial charge in [0.2, 0.25) is 0 Å². The van der Waals surface area contributed by atoms with Crippen molar-refractivity contribution in [3.63, 3.8) is 0 Å². The molecule has 2 saturated heterocycles. The smallest absolute Gasteiger partial charge is 0.254 e. The molecule has 4 heterocycles. The van der Waals surface area contributed by atoms with Gasteiger partial charge in [0.15, 0.2) is 0 Å². The Morgan fingerprint density at radius 1 is 1.37 bits per heavy atom. The second-order valence-corrected chi connectivity index (χ2v) is 8.14. The number of ether oxygens (including phenoxy) is 1. The van der Waals surface area contributed by atoms with E-state index in [1.807, 2.05) is 27.8 Å². The van der Waals surface area contributed by atoms with E-state index < -0.39 is 6.10 Å². The molecule has 27 heavy (non-hydrogen) atoms. The van der Waals surface area contributed by atoms with Crippen molar-refractivity contribution in [1.82, 2.24) is 9.88 Å². The molecule has 0 radical (unpaired) electrons. The van der Waals surface area contributed by atoms with Gasteiger partial charge in [-0.3, -0.25) is 14.6 Å². The molecule has 7 heteroatoms. The van der Waals surface area contributed by atoms with E-state index in [1.165, 1.54) is 11.3 Å². The standard InChI is InChI=1S/C20H23N3O3S/c1-14-12-23(19(25)15-5-10-27-13-15)9-7-20(14)6-4-17(26-20)18(24)22-16-3-2-8-21-11-16/h2-3,5,8,10-11,13-14,17H,4,6-7,9,12H2,1H3,(H,22,24)/t14-,17-,20-/m1/s1. The number of rotatable bonds is 3. The molecule has 0 unspecified atom stereocenters. The number of nitrogens with zero attached hydrogens (tertiary/aromatic N) is 2. The van der Waals surface area contributed by atoms with E-state index in [4.69, 9.17) is 4.74 Å². The van der Waals surface area contributed by atoms with Gasteiger partial charge >= 0.3 is 0 Å². The monoisotopic (exact) mass is 385 g/mol. The first-order valence-electron chi connectivity index (χ1n) is 9.27. The lowest BCUT2D eigenvalue weighted by Crippen LogP contribution is -2.52. The van der Waals surface area contributed by atoms with Gasteiger partial charge in [-0.25, -0.2) is 0 Å². The molecule has 2 aromatic heterocycles. The van der Waals surface area contributed by atoms with Gasteiger partial charge in [0, 0.05) is 30.6 Å². The summed E-state index contributed by atoms with van der Waals surface area (Å²) in [5.41, 5.74) is 1.11. The van der Waals surface area contributed by atoms with Crippen LogP contribution < -0.4 is 5.32 Å². The van der Waals surface area contributed by atoms with Crippen molar-refractivity contribution in [2.75, 3.05) is 18.4 Å². The van der Waals surface area contributed by atoms with Crippen LogP contribution in [0.25, 0.3) is 0 Å². The highest BCUT2D eigenvalue weighted by molar-refractivity contribution is 7.08. The molecule has 0 aromatic carbocycles. The molecular weight excluding hydrogens is 362 g/mol. The van der Waals surface area contributed by atoms with Crippen LogP contribution in [0.4, 0.5) is 5.69 Å². The average Bonchev–Trinajstić information content (AvgIpc) is 3.35. The number of carbonyl (C=O) groups is 2. The fourth-order valence-corrected chi connectivity index (χ4v) is 4.71. The molecule has 142 valence electrons. The highest BCUT2D eigenvalue weighted by Crippen LogP contribution is 2.42. The summed E-state index contributed by atoms with van der Waals surface area (Å²) in [6, 6.07) is 5.47. The molecule has 0 aliphatic carbocycles. The average molecular weight is 385 g/mol. The maximum absolute atomic E-state index is 12.6. The Kier molecular flexibility index (Phi) is 4.97. The molecule has 2 amide bonds. The Labute approximate surface area is 162 Å². The zero-order valence-corrected chi connectivity index (χ0v) is 16.1. The third kappa shape index (κ3) is 3.61. The molecule has 2 aliphatic heterocycles. The van der Waals surface area contributed by atoms with Gasteiger partial charge in [-0.1, -0.05) is 6.92 Å². The first-order chi connectivity index (χ1) is 13.1. The van der Waals surface area contributed by atoms with Crippen molar-refractivity contribution in [1.29, 1.82) is 0 Å². The lowest BCUT2D eigenvalue weighted by atomic mass is 9.80. The minimum absolute atomic E-state index is 0.0850. The van der Waals surface area contributed by atoms with Crippen LogP contribution in [0.2, 0.25) is 0 Å². The SMILES string of the molecule is C[C@@H]1CN(C(=O)c2ccsc2)CC[C@]12CC[C@H](C(=O)Nc1cccnc1)O2. The summed E-state index contributed by atoms with van der Waals surface area (Å²) in [6.45, 7) is 3.44. The Hall–Kier alpha value is -2.25. The van der Waals surface area contributed by atoms with Gasteiger partial charge in [0.1, 0.15) is 6.10 Å². The molecule has 1 spiro atoms. The number of aromatic nitrogens is 1. The normalized spacial score (nSPS) is 27.7. The molecule has 4 rings (SSSR count). The van der Waals surface area contributed by atoms with Crippen LogP contribution in [0.15, 0.2) is 41.4 Å². The lowest BCUT2D eigenvalue weighted by molar-refractivity contribution is -0.141. The summed E-state index contributed by atoms with van der Waals surface area (Å²) in [6.07, 6.45) is 5.16. The Morgan fingerprint density at radius 3 is 2.96 bits per heavy atom. The number of pyridine rings is 1. The molecule has 6 nitrogen and oxygen atoms in total. The first-order valence-corrected chi connectivity index (χ1v) is 10.2. The van der Waals surface area contributed by atoms with Crippen molar-refractivity contribution in [3.8, 4) is 0 Å². The van der Waals surface area contributed by atoms with E-state index in [1.54, 1.807) is 18.5 Å². The van der Waals surface area contributed by atoms with Gasteiger partial charge in [-0.2, -0.15) is 11.3 Å². The third-order valence-corrected chi connectivity index (χ3v) is 6.36. The predicted octanol–water partition coefficient (Wildman–Crippen LogP) is 3.18. The van der Waals surface area contributed by atoms with Gasteiger partial charge < -0.3 is 15.0 Å². The summed E-state index contributed by atoms with van der Waals surface area (Å²) >= 11 is 1.53. The zero-order valence-electron chi connectivity index (χ0n) is 15.3. The quantitative estimate of drug-likeness (QED) is 0.881. The van der Waals surface area contributed by atoms with Crippen molar-refractivity contribution in [3.05, 3.63) is 46.9 Å². The van der Waals surface area contributed by atoms with Crippen LogP contribution in [0.3, 0.4) is 0 Å². The zero-order chi connectivity index (χ0) is 18.9. The van der Waals surface area contributed by atoms with Crippen LogP contribution in [-0.2, 0) is 9.53 Å². The minimum Gasteiger partial charge on any atom is -0.362 e. The first kappa shape index (κ1) is 18.1. The van der Waals surface area contributed by atoms with Gasteiger partial charge in [-0.15, -0.1) is 0 Å². The molecule has 2 aliphatic rings.